The molecule has 0 radical (unpaired) electrons. The van der Waals surface area contributed by atoms with Gasteiger partial charge in [-0.05, 0) is 38.8 Å². The topological polar surface area (TPSA) is 3.24 Å². The molecule has 84 valence electrons. The van der Waals surface area contributed by atoms with Crippen molar-refractivity contribution < 1.29 is 4.39 Å². The summed E-state index contributed by atoms with van der Waals surface area (Å²) < 4.78 is 12.3. The van der Waals surface area contributed by atoms with Crippen molar-refractivity contribution in [2.75, 3.05) is 20.3 Å². The molecule has 1 unspecified atom stereocenters. The van der Waals surface area contributed by atoms with Crippen molar-refractivity contribution >= 4 is 0 Å². The lowest BCUT2D eigenvalue weighted by atomic mass is 9.94. The van der Waals surface area contributed by atoms with Gasteiger partial charge in [0.1, 0.15) is 0 Å². The molecule has 0 aliphatic heterocycles. The summed E-state index contributed by atoms with van der Waals surface area (Å²) in [6, 6.07) is 0.774. The Morgan fingerprint density at radius 3 is 2.50 bits per heavy atom. The summed E-state index contributed by atoms with van der Waals surface area (Å²) in [6.07, 6.45) is 7.87. The zero-order valence-corrected chi connectivity index (χ0v) is 9.64. The maximum Gasteiger partial charge on any atom is 0.0920 e. The molecule has 0 N–H and O–H groups in total. The molecule has 14 heavy (non-hydrogen) atoms. The molecule has 0 aromatic heterocycles. The minimum absolute atomic E-state index is 0.168. The highest BCUT2D eigenvalue weighted by Gasteiger charge is 2.17. The molecular weight excluding hydrogens is 177 g/mol. The molecule has 0 aromatic rings. The highest BCUT2D eigenvalue weighted by Crippen LogP contribution is 2.22. The highest BCUT2D eigenvalue weighted by molar-refractivity contribution is 4.73. The fraction of sp³-hybridized carbons (Fsp3) is 1.00. The Morgan fingerprint density at radius 1 is 1.29 bits per heavy atom. The lowest BCUT2D eigenvalue weighted by Crippen LogP contribution is -2.34. The van der Waals surface area contributed by atoms with Crippen molar-refractivity contribution in [2.24, 2.45) is 5.92 Å². The summed E-state index contributed by atoms with van der Waals surface area (Å²) in [7, 11) is 2.20. The normalized spacial score (nSPS) is 21.4. The van der Waals surface area contributed by atoms with Crippen LogP contribution in [0.15, 0.2) is 0 Å². The second-order valence-electron chi connectivity index (χ2n) is 4.82. The van der Waals surface area contributed by atoms with E-state index in [0.717, 1.165) is 19.0 Å². The first kappa shape index (κ1) is 12.0. The molecule has 1 aliphatic carbocycles. The van der Waals surface area contributed by atoms with Gasteiger partial charge in [-0.1, -0.05) is 26.2 Å². The average molecular weight is 201 g/mol. The number of alkyl halides is 1. The van der Waals surface area contributed by atoms with E-state index in [9.17, 15) is 4.39 Å². The lowest BCUT2D eigenvalue weighted by molar-refractivity contribution is 0.177. The molecule has 1 aliphatic rings. The first-order chi connectivity index (χ1) is 6.74. The molecule has 0 aromatic carbocycles. The Balaban J connectivity index is 2.16. The van der Waals surface area contributed by atoms with Crippen LogP contribution in [-0.2, 0) is 0 Å². The van der Waals surface area contributed by atoms with Crippen molar-refractivity contribution in [3.05, 3.63) is 0 Å². The summed E-state index contributed by atoms with van der Waals surface area (Å²) in [6.45, 7) is 2.89. The van der Waals surface area contributed by atoms with E-state index in [2.05, 4.69) is 11.9 Å². The smallest absolute Gasteiger partial charge is 0.0920 e. The van der Waals surface area contributed by atoms with Crippen LogP contribution < -0.4 is 0 Å². The van der Waals surface area contributed by atoms with Gasteiger partial charge in [-0.2, -0.15) is 0 Å². The molecule has 0 amide bonds. The predicted octanol–water partition coefficient (Wildman–Crippen LogP) is 3.25. The molecule has 1 fully saturated rings. The predicted molar refractivity (Wildman–Crippen MR) is 59.3 cm³/mol. The van der Waals surface area contributed by atoms with Crippen molar-refractivity contribution in [1.82, 2.24) is 4.90 Å². The molecular formula is C12H24FN. The standard InChI is InChI=1S/C12H24FN/c1-11(10-13)8-9-14(2)12-6-4-3-5-7-12/h11-12H,3-10H2,1-2H3. The van der Waals surface area contributed by atoms with Gasteiger partial charge >= 0.3 is 0 Å². The fourth-order valence-corrected chi connectivity index (χ4v) is 2.21. The van der Waals surface area contributed by atoms with Crippen LogP contribution >= 0.6 is 0 Å². The van der Waals surface area contributed by atoms with Gasteiger partial charge in [-0.3, -0.25) is 4.39 Å². The van der Waals surface area contributed by atoms with E-state index in [-0.39, 0.29) is 12.6 Å². The van der Waals surface area contributed by atoms with E-state index in [4.69, 9.17) is 0 Å². The van der Waals surface area contributed by atoms with E-state index in [0.29, 0.717) is 0 Å². The van der Waals surface area contributed by atoms with E-state index in [1.54, 1.807) is 0 Å². The first-order valence-corrected chi connectivity index (χ1v) is 6.00. The maximum absolute atomic E-state index is 12.3. The van der Waals surface area contributed by atoms with Crippen molar-refractivity contribution in [1.29, 1.82) is 0 Å². The van der Waals surface area contributed by atoms with Crippen LogP contribution in [-0.4, -0.2) is 31.2 Å². The van der Waals surface area contributed by atoms with Crippen LogP contribution in [0.25, 0.3) is 0 Å². The average Bonchev–Trinajstić information content (AvgIpc) is 2.26. The third-order valence-corrected chi connectivity index (χ3v) is 3.44. The molecule has 1 nitrogen and oxygen atoms in total. The van der Waals surface area contributed by atoms with Gasteiger partial charge in [0.25, 0.3) is 0 Å². The van der Waals surface area contributed by atoms with Gasteiger partial charge in [-0.15, -0.1) is 0 Å². The molecule has 2 heteroatoms. The van der Waals surface area contributed by atoms with Crippen molar-refractivity contribution in [2.45, 2.75) is 51.5 Å². The zero-order chi connectivity index (χ0) is 10.4. The number of hydrogen-bond acceptors (Lipinski definition) is 1. The minimum Gasteiger partial charge on any atom is -0.303 e. The molecule has 0 spiro atoms. The Morgan fingerprint density at radius 2 is 1.93 bits per heavy atom. The number of halogens is 1. The molecule has 1 atom stereocenters. The minimum atomic E-state index is -0.168. The quantitative estimate of drug-likeness (QED) is 0.660. The Kier molecular flexibility index (Phi) is 5.46. The first-order valence-electron chi connectivity index (χ1n) is 6.00. The van der Waals surface area contributed by atoms with Gasteiger partial charge in [0, 0.05) is 6.04 Å². The largest absolute Gasteiger partial charge is 0.303 e. The number of rotatable bonds is 5. The number of hydrogen-bond donors (Lipinski definition) is 0. The van der Waals surface area contributed by atoms with Gasteiger partial charge in [-0.25, -0.2) is 0 Å². The van der Waals surface area contributed by atoms with Crippen LogP contribution in [0, 0.1) is 5.92 Å². The van der Waals surface area contributed by atoms with Crippen LogP contribution in [0.3, 0.4) is 0 Å². The lowest BCUT2D eigenvalue weighted by Gasteiger charge is -2.31. The van der Waals surface area contributed by atoms with Crippen LogP contribution in [0.2, 0.25) is 0 Å². The molecule has 1 saturated carbocycles. The Bertz CT molecular complexity index is 143. The van der Waals surface area contributed by atoms with E-state index in [1.807, 2.05) is 6.92 Å². The Hall–Kier alpha value is -0.110. The third-order valence-electron chi connectivity index (χ3n) is 3.44. The summed E-state index contributed by atoms with van der Waals surface area (Å²) in [5, 5.41) is 0. The van der Waals surface area contributed by atoms with E-state index >= 15 is 0 Å². The van der Waals surface area contributed by atoms with Gasteiger partial charge < -0.3 is 4.90 Å². The Labute approximate surface area is 87.7 Å². The molecule has 0 bridgehead atoms. The SMILES string of the molecule is CC(CF)CCN(C)C1CCCCC1. The van der Waals surface area contributed by atoms with Gasteiger partial charge in [0.2, 0.25) is 0 Å². The number of nitrogens with zero attached hydrogens (tertiary/aromatic N) is 1. The fourth-order valence-electron chi connectivity index (χ4n) is 2.21. The molecule has 0 heterocycles. The third kappa shape index (κ3) is 3.95. The second-order valence-corrected chi connectivity index (χ2v) is 4.82. The maximum atomic E-state index is 12.3. The zero-order valence-electron chi connectivity index (χ0n) is 9.64. The molecule has 0 saturated heterocycles. The van der Waals surface area contributed by atoms with Crippen molar-refractivity contribution in [3.63, 3.8) is 0 Å². The van der Waals surface area contributed by atoms with Crippen molar-refractivity contribution in [3.8, 4) is 0 Å². The highest BCUT2D eigenvalue weighted by atomic mass is 19.1. The summed E-state index contributed by atoms with van der Waals surface area (Å²) in [5.41, 5.74) is 0. The summed E-state index contributed by atoms with van der Waals surface area (Å²) in [5.74, 6) is 0.237. The van der Waals surface area contributed by atoms with Gasteiger partial charge in [0.05, 0.1) is 6.67 Å². The monoisotopic (exact) mass is 201 g/mol. The van der Waals surface area contributed by atoms with Crippen LogP contribution in [0.4, 0.5) is 4.39 Å². The van der Waals surface area contributed by atoms with E-state index in [1.165, 1.54) is 32.1 Å². The van der Waals surface area contributed by atoms with Crippen LogP contribution in [0.1, 0.15) is 45.4 Å². The van der Waals surface area contributed by atoms with E-state index < -0.39 is 0 Å². The summed E-state index contributed by atoms with van der Waals surface area (Å²) >= 11 is 0. The second kappa shape index (κ2) is 6.39. The molecule has 1 rings (SSSR count). The van der Waals surface area contributed by atoms with Crippen LogP contribution in [0.5, 0.6) is 0 Å². The summed E-state index contributed by atoms with van der Waals surface area (Å²) in [4.78, 5) is 2.44. The van der Waals surface area contributed by atoms with Gasteiger partial charge in [0.15, 0.2) is 0 Å².